The summed E-state index contributed by atoms with van der Waals surface area (Å²) in [6, 6.07) is 7.46. The summed E-state index contributed by atoms with van der Waals surface area (Å²) in [5.41, 5.74) is 1.75. The zero-order valence-electron chi connectivity index (χ0n) is 11.6. The van der Waals surface area contributed by atoms with Crippen molar-refractivity contribution in [3.05, 3.63) is 35.4 Å². The van der Waals surface area contributed by atoms with Gasteiger partial charge in [-0.25, -0.2) is 0 Å². The SMILES string of the molecule is CC(C)(C)OCC(=O)N[C@@H]1c2ccccc2C[C@@H]1O. The maximum atomic E-state index is 11.9. The molecule has 1 amide bonds. The molecule has 2 rings (SSSR count). The fraction of sp³-hybridized carbons (Fsp3) is 0.533. The minimum atomic E-state index is -0.559. The number of aliphatic hydroxyl groups excluding tert-OH is 1. The first-order valence-corrected chi connectivity index (χ1v) is 6.56. The van der Waals surface area contributed by atoms with Gasteiger partial charge in [0, 0.05) is 6.42 Å². The molecule has 0 heterocycles. The Labute approximate surface area is 113 Å². The molecule has 0 saturated carbocycles. The number of fused-ring (bicyclic) bond motifs is 1. The van der Waals surface area contributed by atoms with E-state index < -0.39 is 6.10 Å². The smallest absolute Gasteiger partial charge is 0.246 e. The molecule has 0 unspecified atom stereocenters. The molecule has 1 aromatic carbocycles. The van der Waals surface area contributed by atoms with E-state index in [1.165, 1.54) is 0 Å². The highest BCUT2D eigenvalue weighted by Crippen LogP contribution is 2.31. The van der Waals surface area contributed by atoms with Gasteiger partial charge in [0.25, 0.3) is 0 Å². The van der Waals surface area contributed by atoms with Crippen LogP contribution in [0.15, 0.2) is 24.3 Å². The molecule has 1 aromatic rings. The summed E-state index contributed by atoms with van der Waals surface area (Å²) >= 11 is 0. The molecule has 1 aliphatic rings. The maximum Gasteiger partial charge on any atom is 0.246 e. The number of nitrogens with one attached hydrogen (secondary N) is 1. The molecule has 1 aliphatic carbocycles. The Morgan fingerprint density at radius 2 is 2.11 bits per heavy atom. The summed E-state index contributed by atoms with van der Waals surface area (Å²) in [5.74, 6) is -0.198. The Morgan fingerprint density at radius 3 is 2.79 bits per heavy atom. The fourth-order valence-electron chi connectivity index (χ4n) is 2.25. The Bertz CT molecular complexity index is 465. The van der Waals surface area contributed by atoms with Gasteiger partial charge in [-0.2, -0.15) is 0 Å². The van der Waals surface area contributed by atoms with Crippen molar-refractivity contribution in [1.82, 2.24) is 5.32 Å². The van der Waals surface area contributed by atoms with E-state index in [0.717, 1.165) is 11.1 Å². The second-order valence-electron chi connectivity index (χ2n) is 5.92. The lowest BCUT2D eigenvalue weighted by molar-refractivity contribution is -0.132. The highest BCUT2D eigenvalue weighted by atomic mass is 16.5. The first-order valence-electron chi connectivity index (χ1n) is 6.56. The van der Waals surface area contributed by atoms with E-state index in [1.807, 2.05) is 45.0 Å². The molecular weight excluding hydrogens is 242 g/mol. The lowest BCUT2D eigenvalue weighted by Crippen LogP contribution is -2.37. The highest BCUT2D eigenvalue weighted by Gasteiger charge is 2.31. The van der Waals surface area contributed by atoms with E-state index in [9.17, 15) is 9.90 Å². The first-order chi connectivity index (χ1) is 8.87. The van der Waals surface area contributed by atoms with Crippen LogP contribution in [0.25, 0.3) is 0 Å². The molecule has 0 bridgehead atoms. The minimum Gasteiger partial charge on any atom is -0.390 e. The Balaban J connectivity index is 1.98. The van der Waals surface area contributed by atoms with Gasteiger partial charge in [-0.05, 0) is 31.9 Å². The normalized spacial score (nSPS) is 22.1. The van der Waals surface area contributed by atoms with Crippen LogP contribution in [-0.2, 0) is 16.0 Å². The third-order valence-corrected chi connectivity index (χ3v) is 3.16. The van der Waals surface area contributed by atoms with Crippen LogP contribution in [0.4, 0.5) is 0 Å². The molecule has 104 valence electrons. The van der Waals surface area contributed by atoms with Crippen molar-refractivity contribution in [2.75, 3.05) is 6.61 Å². The number of rotatable bonds is 3. The van der Waals surface area contributed by atoms with E-state index in [4.69, 9.17) is 4.74 Å². The Hall–Kier alpha value is -1.39. The van der Waals surface area contributed by atoms with Crippen molar-refractivity contribution in [2.45, 2.75) is 44.9 Å². The van der Waals surface area contributed by atoms with Crippen molar-refractivity contribution in [2.24, 2.45) is 0 Å². The number of carbonyl (C=O) groups is 1. The maximum absolute atomic E-state index is 11.9. The van der Waals surface area contributed by atoms with Gasteiger partial charge in [0.05, 0.1) is 17.7 Å². The number of aliphatic hydroxyl groups is 1. The van der Waals surface area contributed by atoms with Crippen LogP contribution in [0.3, 0.4) is 0 Å². The summed E-state index contributed by atoms with van der Waals surface area (Å²) in [6.45, 7) is 5.72. The molecule has 2 atom stereocenters. The Morgan fingerprint density at radius 1 is 1.42 bits per heavy atom. The fourth-order valence-corrected chi connectivity index (χ4v) is 2.25. The number of hydrogen-bond donors (Lipinski definition) is 2. The van der Waals surface area contributed by atoms with Gasteiger partial charge in [0.15, 0.2) is 0 Å². The monoisotopic (exact) mass is 263 g/mol. The average Bonchev–Trinajstić information content (AvgIpc) is 2.63. The van der Waals surface area contributed by atoms with E-state index >= 15 is 0 Å². The lowest BCUT2D eigenvalue weighted by Gasteiger charge is -2.22. The molecule has 4 heteroatoms. The molecule has 0 radical (unpaired) electrons. The van der Waals surface area contributed by atoms with E-state index in [-0.39, 0.29) is 24.2 Å². The van der Waals surface area contributed by atoms with Crippen molar-refractivity contribution < 1.29 is 14.6 Å². The molecule has 19 heavy (non-hydrogen) atoms. The molecule has 2 N–H and O–H groups in total. The number of hydrogen-bond acceptors (Lipinski definition) is 3. The molecule has 0 aliphatic heterocycles. The van der Waals surface area contributed by atoms with Crippen molar-refractivity contribution in [3.63, 3.8) is 0 Å². The average molecular weight is 263 g/mol. The summed E-state index contributed by atoms with van der Waals surface area (Å²) < 4.78 is 5.43. The first kappa shape index (κ1) is 14.0. The van der Waals surface area contributed by atoms with Gasteiger partial charge in [-0.1, -0.05) is 24.3 Å². The van der Waals surface area contributed by atoms with Gasteiger partial charge < -0.3 is 15.2 Å². The highest BCUT2D eigenvalue weighted by molar-refractivity contribution is 5.78. The zero-order valence-corrected chi connectivity index (χ0v) is 11.6. The summed E-state index contributed by atoms with van der Waals surface area (Å²) in [7, 11) is 0. The third-order valence-electron chi connectivity index (χ3n) is 3.16. The predicted octanol–water partition coefficient (Wildman–Crippen LogP) is 1.58. The standard InChI is InChI=1S/C15H21NO3/c1-15(2,3)19-9-13(18)16-14-11-7-5-4-6-10(11)8-12(14)17/h4-7,12,14,17H,8-9H2,1-3H3,(H,16,18)/t12-,14+/m0/s1. The van der Waals surface area contributed by atoms with Crippen LogP contribution in [0, 0.1) is 0 Å². The van der Waals surface area contributed by atoms with Gasteiger partial charge in [-0.3, -0.25) is 4.79 Å². The van der Waals surface area contributed by atoms with Crippen LogP contribution in [0.1, 0.15) is 37.9 Å². The molecule has 0 spiro atoms. The van der Waals surface area contributed by atoms with Crippen LogP contribution in [0.5, 0.6) is 0 Å². The van der Waals surface area contributed by atoms with Crippen molar-refractivity contribution >= 4 is 5.91 Å². The topological polar surface area (TPSA) is 58.6 Å². The minimum absolute atomic E-state index is 0.00882. The second kappa shape index (κ2) is 5.31. The van der Waals surface area contributed by atoms with Crippen molar-refractivity contribution in [1.29, 1.82) is 0 Å². The number of benzene rings is 1. The Kier molecular flexibility index (Phi) is 3.92. The lowest BCUT2D eigenvalue weighted by atomic mass is 10.1. The molecule has 0 aromatic heterocycles. The molecular formula is C15H21NO3. The van der Waals surface area contributed by atoms with Crippen LogP contribution in [-0.4, -0.2) is 29.3 Å². The van der Waals surface area contributed by atoms with Gasteiger partial charge in [0.1, 0.15) is 6.61 Å². The van der Waals surface area contributed by atoms with Gasteiger partial charge in [-0.15, -0.1) is 0 Å². The predicted molar refractivity (Wildman–Crippen MR) is 72.7 cm³/mol. The van der Waals surface area contributed by atoms with Gasteiger partial charge >= 0.3 is 0 Å². The summed E-state index contributed by atoms with van der Waals surface area (Å²) in [6.07, 6.45) is 0.0253. The van der Waals surface area contributed by atoms with E-state index in [0.29, 0.717) is 6.42 Å². The van der Waals surface area contributed by atoms with Crippen LogP contribution < -0.4 is 5.32 Å². The quantitative estimate of drug-likeness (QED) is 0.870. The van der Waals surface area contributed by atoms with Gasteiger partial charge in [0.2, 0.25) is 5.91 Å². The number of amides is 1. The molecule has 0 fully saturated rings. The molecule has 0 saturated heterocycles. The second-order valence-corrected chi connectivity index (χ2v) is 5.92. The van der Waals surface area contributed by atoms with Crippen LogP contribution in [0.2, 0.25) is 0 Å². The van der Waals surface area contributed by atoms with Crippen LogP contribution >= 0.6 is 0 Å². The van der Waals surface area contributed by atoms with Crippen molar-refractivity contribution in [3.8, 4) is 0 Å². The number of ether oxygens (including phenoxy) is 1. The summed E-state index contributed by atoms with van der Waals surface area (Å²) in [5, 5.41) is 12.9. The summed E-state index contributed by atoms with van der Waals surface area (Å²) in [4.78, 5) is 11.9. The third kappa shape index (κ3) is 3.55. The molecule has 4 nitrogen and oxygen atoms in total. The zero-order chi connectivity index (χ0) is 14.0. The largest absolute Gasteiger partial charge is 0.390 e. The number of carbonyl (C=O) groups excluding carboxylic acids is 1. The van der Waals surface area contributed by atoms with E-state index in [1.54, 1.807) is 0 Å². The van der Waals surface area contributed by atoms with E-state index in [2.05, 4.69) is 5.32 Å².